The zero-order valence-electron chi connectivity index (χ0n) is 31.9. The number of hydrogen-bond donors (Lipinski definition) is 0. The zero-order valence-corrected chi connectivity index (χ0v) is 32.7. The van der Waals surface area contributed by atoms with Gasteiger partial charge in [-0.3, -0.25) is 0 Å². The molecular weight excluding hydrogens is 707 g/mol. The third-order valence-corrected chi connectivity index (χ3v) is 11.8. The molecular formula is C42H27B13NOS. The fraction of sp³-hybridized carbons (Fsp3) is 0. The Morgan fingerprint density at radius 3 is 1.62 bits per heavy atom. The minimum atomic E-state index is -0.695. The highest BCUT2D eigenvalue weighted by molar-refractivity contribution is 8.07. The SMILES string of the molecule is [B][B]B(B([B])[B])B(B([B])[B])B([B])[B].c1ccc(-c2ccc(N(c3ccc(-c4ccc5sc6ccccc6c5c4)cc3)c3cccc4c3oc3ccccc34)cc2)cc1. The molecule has 15 radical (unpaired) electrons. The van der Waals surface area contributed by atoms with Crippen LogP contribution in [0.4, 0.5) is 17.1 Å². The Balaban J connectivity index is 0.000000314. The van der Waals surface area contributed by atoms with Gasteiger partial charge in [0.2, 0.25) is 0 Å². The van der Waals surface area contributed by atoms with Crippen molar-refractivity contribution in [2.75, 3.05) is 4.90 Å². The number of thiophene rings is 1. The van der Waals surface area contributed by atoms with Crippen LogP contribution in [-0.2, 0) is 0 Å². The zero-order chi connectivity index (χ0) is 40.3. The summed E-state index contributed by atoms with van der Waals surface area (Å²) in [5.74, 6) is 0. The van der Waals surface area contributed by atoms with Gasteiger partial charge in [0, 0.05) is 135 Å². The molecule has 0 fully saturated rings. The lowest BCUT2D eigenvalue weighted by atomic mass is 8.50. The number of hydrogen-bond acceptors (Lipinski definition) is 3. The number of anilines is 3. The van der Waals surface area contributed by atoms with E-state index in [0.717, 1.165) is 39.0 Å². The summed E-state index contributed by atoms with van der Waals surface area (Å²) >= 11 is 1.85. The van der Waals surface area contributed by atoms with Crippen LogP contribution in [0, 0.1) is 0 Å². The van der Waals surface area contributed by atoms with Crippen LogP contribution in [0.5, 0.6) is 0 Å². The van der Waals surface area contributed by atoms with Gasteiger partial charge in [0.15, 0.2) is 5.58 Å². The molecule has 0 N–H and O–H groups in total. The van der Waals surface area contributed by atoms with Crippen molar-refractivity contribution >= 4 is 164 Å². The summed E-state index contributed by atoms with van der Waals surface area (Å²) in [7, 11) is 39.5. The summed E-state index contributed by atoms with van der Waals surface area (Å²) in [6, 6.07) is 58.4. The summed E-state index contributed by atoms with van der Waals surface area (Å²) in [4.78, 5) is 2.30. The first kappa shape index (κ1) is 40.0. The smallest absolute Gasteiger partial charge is 0.159 e. The lowest BCUT2D eigenvalue weighted by molar-refractivity contribution is 0.669. The van der Waals surface area contributed by atoms with Gasteiger partial charge < -0.3 is 9.32 Å². The molecule has 0 aliphatic carbocycles. The third kappa shape index (κ3) is 8.10. The van der Waals surface area contributed by atoms with Crippen molar-refractivity contribution in [1.29, 1.82) is 0 Å². The Hall–Kier alpha value is -4.80. The Labute approximate surface area is 357 Å². The number of para-hydroxylation sites is 2. The van der Waals surface area contributed by atoms with Crippen molar-refractivity contribution in [3.05, 3.63) is 164 Å². The van der Waals surface area contributed by atoms with Crippen molar-refractivity contribution in [2.24, 2.45) is 0 Å². The fourth-order valence-electron chi connectivity index (χ4n) is 7.76. The van der Waals surface area contributed by atoms with Crippen LogP contribution in [0.2, 0.25) is 0 Å². The highest BCUT2D eigenvalue weighted by atomic mass is 32.1. The van der Waals surface area contributed by atoms with Gasteiger partial charge in [-0.15, -0.1) is 11.3 Å². The summed E-state index contributed by atoms with van der Waals surface area (Å²) in [5, 5.41) is 4.87. The summed E-state index contributed by atoms with van der Waals surface area (Å²) in [5.41, 5.74) is 9.73. The predicted molar refractivity (Wildman–Crippen MR) is 267 cm³/mol. The molecule has 251 valence electrons. The first-order valence-electron chi connectivity index (χ1n) is 19.2. The molecule has 58 heavy (non-hydrogen) atoms. The minimum Gasteiger partial charge on any atom is -0.454 e. The van der Waals surface area contributed by atoms with Crippen LogP contribution < -0.4 is 4.90 Å². The molecule has 0 saturated carbocycles. The van der Waals surface area contributed by atoms with Gasteiger partial charge in [-0.05, 0) is 76.9 Å². The molecule has 16 heteroatoms. The number of nitrogens with zero attached hydrogens (tertiary/aromatic N) is 1. The summed E-state index contributed by atoms with van der Waals surface area (Å²) in [6.45, 7) is 0. The highest BCUT2D eigenvalue weighted by Gasteiger charge is 2.32. The molecule has 0 spiro atoms. The Kier molecular flexibility index (Phi) is 12.1. The van der Waals surface area contributed by atoms with E-state index in [1.807, 2.05) is 23.5 Å². The second kappa shape index (κ2) is 17.6. The summed E-state index contributed by atoms with van der Waals surface area (Å²) in [6.07, 6.45) is -2.87. The van der Waals surface area contributed by atoms with E-state index in [9.17, 15) is 0 Å². The number of fused-ring (bicyclic) bond motifs is 6. The van der Waals surface area contributed by atoms with Gasteiger partial charge in [0.1, 0.15) is 5.58 Å². The van der Waals surface area contributed by atoms with Crippen LogP contribution in [-0.4, -0.2) is 93.1 Å². The van der Waals surface area contributed by atoms with Gasteiger partial charge in [-0.25, -0.2) is 0 Å². The van der Waals surface area contributed by atoms with Crippen molar-refractivity contribution < 1.29 is 4.42 Å². The first-order valence-corrected chi connectivity index (χ1v) is 20.0. The molecule has 2 aromatic heterocycles. The van der Waals surface area contributed by atoms with Crippen LogP contribution in [0.15, 0.2) is 168 Å². The molecule has 0 saturated heterocycles. The Bertz CT molecular complexity index is 2790. The van der Waals surface area contributed by atoms with Crippen molar-refractivity contribution in [3.8, 4) is 22.3 Å². The predicted octanol–water partition coefficient (Wildman–Crippen LogP) is 7.81. The average Bonchev–Trinajstić information content (AvgIpc) is 3.82. The summed E-state index contributed by atoms with van der Waals surface area (Å²) < 4.78 is 9.17. The molecule has 9 rings (SSSR count). The lowest BCUT2D eigenvalue weighted by Gasteiger charge is -2.31. The van der Waals surface area contributed by atoms with Gasteiger partial charge in [0.05, 0.1) is 5.69 Å². The van der Waals surface area contributed by atoms with Crippen molar-refractivity contribution in [1.82, 2.24) is 0 Å². The molecule has 0 bridgehead atoms. The van der Waals surface area contributed by atoms with Crippen LogP contribution in [0.1, 0.15) is 0 Å². The number of rotatable bonds is 10. The van der Waals surface area contributed by atoms with E-state index in [4.69, 9.17) is 58.6 Å². The maximum atomic E-state index is 6.52. The second-order valence-electron chi connectivity index (χ2n) is 14.4. The minimum absolute atomic E-state index is 0.389. The van der Waals surface area contributed by atoms with E-state index in [1.165, 1.54) is 49.5 Å². The maximum Gasteiger partial charge on any atom is 0.159 e. The molecule has 2 heterocycles. The standard InChI is InChI=1S/C42H27NOS.B13/c1-2-9-28(10-3-1)29-17-22-32(23-18-29)43(38-14-8-13-36-34-11-4-6-15-39(34)44-42(36)38)33-24-19-30(20-25-33)31-21-26-41-37(27-31)35-12-5-7-16-40(35)45-41;1-8-12(9(2)3)13(10(4)5)11(6)7/h1-27H;. The molecule has 0 unspecified atom stereocenters. The van der Waals surface area contributed by atoms with E-state index in [1.54, 1.807) is 0 Å². The fourth-order valence-corrected chi connectivity index (χ4v) is 8.85. The topological polar surface area (TPSA) is 16.4 Å². The normalized spacial score (nSPS) is 10.9. The van der Waals surface area contributed by atoms with E-state index < -0.39 is 25.5 Å². The molecule has 0 atom stereocenters. The molecule has 9 aromatic rings. The molecule has 7 aromatic carbocycles. The van der Waals surface area contributed by atoms with Crippen molar-refractivity contribution in [3.63, 3.8) is 0 Å². The quantitative estimate of drug-likeness (QED) is 0.134. The second-order valence-corrected chi connectivity index (χ2v) is 15.5. The van der Waals surface area contributed by atoms with Gasteiger partial charge >= 0.3 is 0 Å². The van der Waals surface area contributed by atoms with E-state index in [-0.39, 0.29) is 6.39 Å². The average molecular weight is 734 g/mol. The van der Waals surface area contributed by atoms with Gasteiger partial charge in [-0.1, -0.05) is 109 Å². The molecule has 0 aliphatic heterocycles. The number of benzene rings is 7. The Morgan fingerprint density at radius 2 is 1.00 bits per heavy atom. The van der Waals surface area contributed by atoms with Crippen LogP contribution in [0.25, 0.3) is 64.4 Å². The molecule has 0 aliphatic rings. The molecule has 0 amide bonds. The van der Waals surface area contributed by atoms with E-state index >= 15 is 0 Å². The van der Waals surface area contributed by atoms with Crippen LogP contribution >= 0.6 is 11.3 Å². The third-order valence-electron chi connectivity index (χ3n) is 10.7. The van der Waals surface area contributed by atoms with Crippen LogP contribution in [0.3, 0.4) is 0 Å². The number of furan rings is 1. The Morgan fingerprint density at radius 1 is 0.466 bits per heavy atom. The largest absolute Gasteiger partial charge is 0.454 e. The van der Waals surface area contributed by atoms with Crippen molar-refractivity contribution in [2.45, 2.75) is 0 Å². The first-order chi connectivity index (χ1) is 28.2. The highest BCUT2D eigenvalue weighted by Crippen LogP contribution is 2.43. The van der Waals surface area contributed by atoms with Gasteiger partial charge in [-0.2, -0.15) is 0 Å². The molecule has 2 nitrogen and oxygen atoms in total. The monoisotopic (exact) mass is 736 g/mol. The van der Waals surface area contributed by atoms with Gasteiger partial charge in [0.25, 0.3) is 0 Å². The maximum absolute atomic E-state index is 6.52. The lowest BCUT2D eigenvalue weighted by Crippen LogP contribution is -2.69. The van der Waals surface area contributed by atoms with E-state index in [0.29, 0.717) is 0 Å². The van der Waals surface area contributed by atoms with E-state index in [2.05, 4.69) is 157 Å².